The van der Waals surface area contributed by atoms with Crippen LogP contribution < -0.4 is 4.74 Å². The van der Waals surface area contributed by atoms with Crippen LogP contribution in [0.1, 0.15) is 35.6 Å². The van der Waals surface area contributed by atoms with Crippen LogP contribution in [-0.2, 0) is 6.61 Å². The molecule has 0 saturated heterocycles. The number of hydrogen-bond acceptors (Lipinski definition) is 5. The quantitative estimate of drug-likeness (QED) is 0.689. The molecule has 0 aliphatic heterocycles. The molecule has 0 aromatic carbocycles. The molecule has 3 heterocycles. The summed E-state index contributed by atoms with van der Waals surface area (Å²) in [6, 6.07) is 5.71. The molecule has 1 aliphatic rings. The number of fused-ring (bicyclic) bond motifs is 1. The molecule has 3 aromatic heterocycles. The van der Waals surface area contributed by atoms with Gasteiger partial charge in [0, 0.05) is 18.5 Å². The van der Waals surface area contributed by atoms with Crippen LogP contribution in [0.25, 0.3) is 5.65 Å². The fraction of sp³-hybridized carbons (Fsp3) is 0.250. The van der Waals surface area contributed by atoms with Gasteiger partial charge < -0.3 is 9.14 Å². The first-order chi connectivity index (χ1) is 11.2. The van der Waals surface area contributed by atoms with Gasteiger partial charge in [-0.05, 0) is 30.4 Å². The molecule has 3 aromatic rings. The second kappa shape index (κ2) is 5.52. The van der Waals surface area contributed by atoms with Crippen molar-refractivity contribution in [1.29, 1.82) is 5.26 Å². The molecule has 0 bridgehead atoms. The smallest absolute Gasteiger partial charge is 0.218 e. The Labute approximate surface area is 137 Å². The Morgan fingerprint density at radius 3 is 2.91 bits per heavy atom. The van der Waals surface area contributed by atoms with E-state index in [9.17, 15) is 5.26 Å². The van der Waals surface area contributed by atoms with Gasteiger partial charge in [0.2, 0.25) is 5.88 Å². The summed E-state index contributed by atoms with van der Waals surface area (Å²) in [5.74, 6) is 0.970. The first-order valence-electron chi connectivity index (χ1n) is 7.25. The Morgan fingerprint density at radius 2 is 2.17 bits per heavy atom. The summed E-state index contributed by atoms with van der Waals surface area (Å²) in [6.07, 6.45) is 7.65. The van der Waals surface area contributed by atoms with E-state index in [1.165, 1.54) is 24.7 Å². The predicted molar refractivity (Wildman–Crippen MR) is 83.3 cm³/mol. The van der Waals surface area contributed by atoms with Crippen molar-refractivity contribution >= 4 is 17.2 Å². The Bertz CT molecular complexity index is 926. The summed E-state index contributed by atoms with van der Waals surface area (Å²) in [6.45, 7) is 0.249. The predicted octanol–water partition coefficient (Wildman–Crippen LogP) is 3.11. The Balaban J connectivity index is 1.62. The van der Waals surface area contributed by atoms with Crippen molar-refractivity contribution in [1.82, 2.24) is 19.4 Å². The number of ether oxygens (including phenoxy) is 1. The number of aromatic nitrogens is 4. The van der Waals surface area contributed by atoms with Gasteiger partial charge in [-0.1, -0.05) is 11.6 Å². The number of hydrogen-bond donors (Lipinski definition) is 0. The fourth-order valence-electron chi connectivity index (χ4n) is 2.51. The fourth-order valence-corrected chi connectivity index (χ4v) is 2.64. The lowest BCUT2D eigenvalue weighted by molar-refractivity contribution is 0.289. The molecule has 0 unspecified atom stereocenters. The average molecular weight is 326 g/mol. The molecule has 0 N–H and O–H groups in total. The molecule has 114 valence electrons. The van der Waals surface area contributed by atoms with E-state index in [1.54, 1.807) is 6.07 Å². The Morgan fingerprint density at radius 1 is 1.30 bits per heavy atom. The van der Waals surface area contributed by atoms with E-state index in [4.69, 9.17) is 16.3 Å². The number of imidazole rings is 1. The lowest BCUT2D eigenvalue weighted by Crippen LogP contribution is -1.97. The van der Waals surface area contributed by atoms with Gasteiger partial charge in [0.05, 0.1) is 11.3 Å². The second-order valence-corrected chi connectivity index (χ2v) is 5.89. The number of nitrogens with zero attached hydrogens (tertiary/aromatic N) is 5. The van der Waals surface area contributed by atoms with Crippen molar-refractivity contribution in [2.24, 2.45) is 0 Å². The highest BCUT2D eigenvalue weighted by molar-refractivity contribution is 6.29. The number of halogens is 1. The van der Waals surface area contributed by atoms with Gasteiger partial charge in [-0.3, -0.25) is 0 Å². The molecular weight excluding hydrogens is 314 g/mol. The van der Waals surface area contributed by atoms with Crippen molar-refractivity contribution < 1.29 is 4.74 Å². The van der Waals surface area contributed by atoms with E-state index < -0.39 is 0 Å². The zero-order valence-corrected chi connectivity index (χ0v) is 12.9. The van der Waals surface area contributed by atoms with Crippen molar-refractivity contribution in [3.8, 4) is 11.9 Å². The monoisotopic (exact) mass is 325 g/mol. The highest BCUT2D eigenvalue weighted by Crippen LogP contribution is 2.40. The molecule has 7 heteroatoms. The van der Waals surface area contributed by atoms with E-state index in [0.29, 0.717) is 28.2 Å². The van der Waals surface area contributed by atoms with Crippen LogP contribution in [0.5, 0.6) is 5.88 Å². The van der Waals surface area contributed by atoms with E-state index in [-0.39, 0.29) is 6.61 Å². The zero-order chi connectivity index (χ0) is 15.8. The molecule has 4 rings (SSSR count). The summed E-state index contributed by atoms with van der Waals surface area (Å²) < 4.78 is 7.47. The normalized spacial score (nSPS) is 13.9. The standard InChI is InChI=1S/C16H12ClN5O/c17-14-4-15(20-9-19-14)23-8-13-7-22-6-12(10-1-2-10)3-11(5-18)16(22)21-13/h3-4,6-7,9-10H,1-2,8H2. The van der Waals surface area contributed by atoms with Crippen LogP contribution in [0, 0.1) is 11.3 Å². The van der Waals surface area contributed by atoms with Gasteiger partial charge in [0.15, 0.2) is 5.65 Å². The maximum atomic E-state index is 9.34. The third-order valence-electron chi connectivity index (χ3n) is 3.77. The lowest BCUT2D eigenvalue weighted by atomic mass is 10.1. The van der Waals surface area contributed by atoms with Gasteiger partial charge in [-0.15, -0.1) is 0 Å². The number of pyridine rings is 1. The van der Waals surface area contributed by atoms with Gasteiger partial charge in [-0.25, -0.2) is 15.0 Å². The van der Waals surface area contributed by atoms with E-state index in [1.807, 2.05) is 22.9 Å². The molecule has 1 aliphatic carbocycles. The van der Waals surface area contributed by atoms with Gasteiger partial charge >= 0.3 is 0 Å². The summed E-state index contributed by atoms with van der Waals surface area (Å²) in [7, 11) is 0. The van der Waals surface area contributed by atoms with Gasteiger partial charge in [0.1, 0.15) is 24.2 Å². The maximum Gasteiger partial charge on any atom is 0.218 e. The van der Waals surface area contributed by atoms with Crippen LogP contribution >= 0.6 is 11.6 Å². The Kier molecular flexibility index (Phi) is 3.36. The summed E-state index contributed by atoms with van der Waals surface area (Å²) in [5.41, 5.74) is 3.16. The lowest BCUT2D eigenvalue weighted by Gasteiger charge is -2.01. The third kappa shape index (κ3) is 2.83. The van der Waals surface area contributed by atoms with Crippen molar-refractivity contribution in [2.75, 3.05) is 0 Å². The number of nitriles is 1. The molecule has 6 nitrogen and oxygen atoms in total. The topological polar surface area (TPSA) is 76.1 Å². The minimum Gasteiger partial charge on any atom is -0.471 e. The van der Waals surface area contributed by atoms with E-state index in [2.05, 4.69) is 21.0 Å². The van der Waals surface area contributed by atoms with Crippen LogP contribution in [-0.4, -0.2) is 19.4 Å². The zero-order valence-electron chi connectivity index (χ0n) is 12.1. The molecule has 0 radical (unpaired) electrons. The third-order valence-corrected chi connectivity index (χ3v) is 3.97. The average Bonchev–Trinajstić information content (AvgIpc) is 3.32. The first kappa shape index (κ1) is 14.0. The molecule has 0 atom stereocenters. The van der Waals surface area contributed by atoms with Crippen LogP contribution in [0.4, 0.5) is 0 Å². The first-order valence-corrected chi connectivity index (χ1v) is 7.62. The molecule has 23 heavy (non-hydrogen) atoms. The highest BCUT2D eigenvalue weighted by Gasteiger charge is 2.25. The maximum absolute atomic E-state index is 9.34. The van der Waals surface area contributed by atoms with E-state index in [0.717, 1.165) is 5.69 Å². The minimum atomic E-state index is 0.249. The molecule has 1 fully saturated rings. The largest absolute Gasteiger partial charge is 0.471 e. The molecule has 0 spiro atoms. The van der Waals surface area contributed by atoms with Crippen molar-refractivity contribution in [3.63, 3.8) is 0 Å². The van der Waals surface area contributed by atoms with Gasteiger partial charge in [0.25, 0.3) is 0 Å². The minimum absolute atomic E-state index is 0.249. The molecule has 0 amide bonds. The van der Waals surface area contributed by atoms with Crippen LogP contribution in [0.15, 0.2) is 30.9 Å². The van der Waals surface area contributed by atoms with E-state index >= 15 is 0 Å². The highest BCUT2D eigenvalue weighted by atomic mass is 35.5. The molecular formula is C16H12ClN5O. The van der Waals surface area contributed by atoms with Crippen LogP contribution in [0.2, 0.25) is 5.15 Å². The van der Waals surface area contributed by atoms with Crippen molar-refractivity contribution in [3.05, 3.63) is 52.8 Å². The van der Waals surface area contributed by atoms with Crippen molar-refractivity contribution in [2.45, 2.75) is 25.4 Å². The SMILES string of the molecule is N#Cc1cc(C2CC2)cn2cc(COc3cc(Cl)ncn3)nc12. The van der Waals surface area contributed by atoms with Crippen LogP contribution in [0.3, 0.4) is 0 Å². The number of rotatable bonds is 4. The summed E-state index contributed by atoms with van der Waals surface area (Å²) >= 11 is 5.80. The molecule has 1 saturated carbocycles. The summed E-state index contributed by atoms with van der Waals surface area (Å²) in [4.78, 5) is 12.3. The summed E-state index contributed by atoms with van der Waals surface area (Å²) in [5, 5.41) is 9.67. The van der Waals surface area contributed by atoms with Gasteiger partial charge in [-0.2, -0.15) is 5.26 Å². The second-order valence-electron chi connectivity index (χ2n) is 5.50. The Hall–Kier alpha value is -2.65.